The Morgan fingerprint density at radius 3 is 2.75 bits per heavy atom. The third kappa shape index (κ3) is 4.28. The second-order valence-electron chi connectivity index (χ2n) is 10.4. The molecule has 2 saturated carbocycles. The van der Waals surface area contributed by atoms with E-state index in [4.69, 9.17) is 4.74 Å². The van der Waals surface area contributed by atoms with E-state index in [-0.39, 0.29) is 24.8 Å². The molecular weight excluding hydrogens is 419 g/mol. The molecule has 2 bridgehead atoms. The number of aryl methyl sites for hydroxylation is 1. The van der Waals surface area contributed by atoms with Crippen LogP contribution in [0.2, 0.25) is 0 Å². The minimum absolute atomic E-state index is 0.0477. The van der Waals surface area contributed by atoms with Gasteiger partial charge < -0.3 is 15.0 Å². The molecule has 1 amide bonds. The van der Waals surface area contributed by atoms with Gasteiger partial charge in [0, 0.05) is 43.5 Å². The van der Waals surface area contributed by atoms with Crippen molar-refractivity contribution in [1.29, 1.82) is 0 Å². The number of fused-ring (bicyclic) bond motifs is 3. The molecule has 1 saturated heterocycles. The molecule has 8 heteroatoms. The summed E-state index contributed by atoms with van der Waals surface area (Å²) in [7, 11) is 0. The van der Waals surface area contributed by atoms with Gasteiger partial charge in [0.15, 0.2) is 0 Å². The van der Waals surface area contributed by atoms with Gasteiger partial charge in [-0.3, -0.25) is 9.78 Å². The van der Waals surface area contributed by atoms with Crippen molar-refractivity contribution in [3.63, 3.8) is 0 Å². The van der Waals surface area contributed by atoms with E-state index in [1.807, 2.05) is 13.0 Å². The van der Waals surface area contributed by atoms with Crippen LogP contribution in [-0.2, 0) is 22.5 Å². The Morgan fingerprint density at radius 1 is 1.28 bits per heavy atom. The summed E-state index contributed by atoms with van der Waals surface area (Å²) >= 11 is 0. The Morgan fingerprint density at radius 2 is 2.03 bits per heavy atom. The molecule has 1 aromatic rings. The number of amides is 1. The predicted octanol–water partition coefficient (Wildman–Crippen LogP) is 3.78. The quantitative estimate of drug-likeness (QED) is 0.757. The topological polar surface area (TPSA) is 54.5 Å². The van der Waals surface area contributed by atoms with Crippen molar-refractivity contribution in [2.75, 3.05) is 19.8 Å². The van der Waals surface area contributed by atoms with E-state index < -0.39 is 18.0 Å². The van der Waals surface area contributed by atoms with Gasteiger partial charge >= 0.3 is 6.18 Å². The first-order chi connectivity index (χ1) is 15.2. The van der Waals surface area contributed by atoms with Gasteiger partial charge in [-0.15, -0.1) is 0 Å². The number of carbonyl (C=O) groups excluding carboxylic acids is 1. The van der Waals surface area contributed by atoms with Crippen molar-refractivity contribution < 1.29 is 22.7 Å². The minimum Gasteiger partial charge on any atom is -0.381 e. The van der Waals surface area contributed by atoms with Crippen molar-refractivity contribution >= 4 is 5.91 Å². The number of ether oxygens (including phenoxy) is 1. The van der Waals surface area contributed by atoms with E-state index in [2.05, 4.69) is 10.3 Å². The third-order valence-electron chi connectivity index (χ3n) is 8.08. The largest absolute Gasteiger partial charge is 0.390 e. The van der Waals surface area contributed by atoms with E-state index in [1.165, 1.54) is 0 Å². The number of halogens is 3. The van der Waals surface area contributed by atoms with Crippen LogP contribution in [0.1, 0.15) is 55.3 Å². The fourth-order valence-electron chi connectivity index (χ4n) is 6.60. The van der Waals surface area contributed by atoms with Crippen molar-refractivity contribution in [2.24, 2.45) is 17.3 Å². The fourth-order valence-corrected chi connectivity index (χ4v) is 6.60. The van der Waals surface area contributed by atoms with E-state index in [0.717, 1.165) is 42.9 Å². The Labute approximate surface area is 187 Å². The van der Waals surface area contributed by atoms with Crippen LogP contribution in [0.4, 0.5) is 13.2 Å². The average Bonchev–Trinajstić information content (AvgIpc) is 3.21. The van der Waals surface area contributed by atoms with Gasteiger partial charge in [-0.1, -0.05) is 6.07 Å². The van der Waals surface area contributed by atoms with Gasteiger partial charge in [0.2, 0.25) is 5.91 Å². The Balaban J connectivity index is 1.33. The van der Waals surface area contributed by atoms with E-state index in [9.17, 15) is 18.0 Å². The average molecular weight is 452 g/mol. The number of pyridine rings is 1. The normalized spacial score (nSPS) is 34.6. The van der Waals surface area contributed by atoms with Crippen molar-refractivity contribution in [3.8, 4) is 0 Å². The maximum Gasteiger partial charge on any atom is 0.390 e. The SMILES string of the molecule is Cc1cnc2c(c1)CN(C(=O)[C@@]1(CC(F)(F)F)CC[C@@H](NC3C4CCC3COC4)C1)CC2. The van der Waals surface area contributed by atoms with Gasteiger partial charge in [0.05, 0.1) is 25.0 Å². The Hall–Kier alpha value is -1.67. The predicted molar refractivity (Wildman–Crippen MR) is 113 cm³/mol. The third-order valence-corrected chi connectivity index (χ3v) is 8.08. The summed E-state index contributed by atoms with van der Waals surface area (Å²) in [5.41, 5.74) is 1.54. The highest BCUT2D eigenvalue weighted by Crippen LogP contribution is 2.49. The summed E-state index contributed by atoms with van der Waals surface area (Å²) in [6, 6.07) is 2.26. The van der Waals surface area contributed by atoms with Crippen LogP contribution in [0.5, 0.6) is 0 Å². The summed E-state index contributed by atoms with van der Waals surface area (Å²) in [6.07, 6.45) is 0.388. The zero-order chi connectivity index (χ0) is 22.5. The number of hydrogen-bond acceptors (Lipinski definition) is 4. The second-order valence-corrected chi connectivity index (χ2v) is 10.4. The van der Waals surface area contributed by atoms with Gasteiger partial charge in [-0.05, 0) is 62.0 Å². The number of alkyl halides is 3. The van der Waals surface area contributed by atoms with Crippen molar-refractivity contribution in [2.45, 2.75) is 76.7 Å². The fraction of sp³-hybridized carbons (Fsp3) is 0.750. The van der Waals surface area contributed by atoms with Crippen LogP contribution >= 0.6 is 0 Å². The van der Waals surface area contributed by atoms with E-state index in [0.29, 0.717) is 43.8 Å². The molecular formula is C24H32F3N3O2. The second kappa shape index (κ2) is 8.28. The smallest absolute Gasteiger partial charge is 0.381 e. The molecule has 2 unspecified atom stereocenters. The Kier molecular flexibility index (Phi) is 5.73. The molecule has 2 aliphatic carbocycles. The molecule has 5 rings (SSSR count). The van der Waals surface area contributed by atoms with Crippen molar-refractivity contribution in [3.05, 3.63) is 29.1 Å². The van der Waals surface area contributed by atoms with Gasteiger partial charge in [0.1, 0.15) is 0 Å². The van der Waals surface area contributed by atoms with Crippen LogP contribution in [0.3, 0.4) is 0 Å². The molecule has 2 aliphatic heterocycles. The highest BCUT2D eigenvalue weighted by molar-refractivity contribution is 5.83. The molecule has 4 atom stereocenters. The zero-order valence-electron chi connectivity index (χ0n) is 18.6. The highest BCUT2D eigenvalue weighted by Gasteiger charge is 2.54. The number of rotatable bonds is 4. The summed E-state index contributed by atoms with van der Waals surface area (Å²) < 4.78 is 46.7. The summed E-state index contributed by atoms with van der Waals surface area (Å²) in [6.45, 7) is 4.19. The standard InChI is InChI=1S/C24H32F3N3O2/c1-15-8-18-11-30(7-5-20(18)28-10-15)22(31)23(14-24(25,26)27)6-4-19(9-23)29-21-16-2-3-17(21)13-32-12-16/h8,10,16-17,19,21,29H,2-7,9,11-14H2,1H3/t16?,17?,19-,21?,23+/m1/s1. The molecule has 3 fully saturated rings. The Bertz CT molecular complexity index is 861. The van der Waals surface area contributed by atoms with Crippen molar-refractivity contribution in [1.82, 2.24) is 15.2 Å². The lowest BCUT2D eigenvalue weighted by Crippen LogP contribution is -2.50. The number of carbonyl (C=O) groups is 1. The minimum atomic E-state index is -4.37. The lowest BCUT2D eigenvalue weighted by atomic mass is 9.80. The summed E-state index contributed by atoms with van der Waals surface area (Å²) in [5, 5.41) is 3.67. The monoisotopic (exact) mass is 451 g/mol. The van der Waals surface area contributed by atoms with E-state index in [1.54, 1.807) is 11.1 Å². The molecule has 176 valence electrons. The molecule has 1 N–H and O–H groups in total. The van der Waals surface area contributed by atoms with Crippen LogP contribution < -0.4 is 5.32 Å². The summed E-state index contributed by atoms with van der Waals surface area (Å²) in [5.74, 6) is 0.550. The van der Waals surface area contributed by atoms with Crippen LogP contribution in [0, 0.1) is 24.2 Å². The van der Waals surface area contributed by atoms with Gasteiger partial charge in [0.25, 0.3) is 0 Å². The van der Waals surface area contributed by atoms with Crippen LogP contribution in [-0.4, -0.2) is 53.8 Å². The summed E-state index contributed by atoms with van der Waals surface area (Å²) in [4.78, 5) is 19.7. The number of nitrogens with zero attached hydrogens (tertiary/aromatic N) is 2. The molecule has 0 spiro atoms. The number of hydrogen-bond donors (Lipinski definition) is 1. The maximum absolute atomic E-state index is 13.7. The molecule has 0 radical (unpaired) electrons. The van der Waals surface area contributed by atoms with Crippen LogP contribution in [0.15, 0.2) is 12.3 Å². The first-order valence-corrected chi connectivity index (χ1v) is 11.9. The van der Waals surface area contributed by atoms with E-state index >= 15 is 0 Å². The zero-order valence-corrected chi connectivity index (χ0v) is 18.6. The van der Waals surface area contributed by atoms with Gasteiger partial charge in [-0.25, -0.2) is 0 Å². The first-order valence-electron chi connectivity index (χ1n) is 11.9. The maximum atomic E-state index is 13.7. The molecule has 5 nitrogen and oxygen atoms in total. The van der Waals surface area contributed by atoms with Crippen LogP contribution in [0.25, 0.3) is 0 Å². The molecule has 4 aliphatic rings. The van der Waals surface area contributed by atoms with Gasteiger partial charge in [-0.2, -0.15) is 13.2 Å². The first kappa shape index (κ1) is 22.1. The lowest BCUT2D eigenvalue weighted by Gasteiger charge is -2.38. The lowest BCUT2D eigenvalue weighted by molar-refractivity contribution is -0.174. The molecule has 1 aromatic heterocycles. The molecule has 0 aromatic carbocycles. The number of aromatic nitrogens is 1. The molecule has 3 heterocycles. The number of nitrogens with one attached hydrogen (secondary N) is 1. The molecule has 32 heavy (non-hydrogen) atoms. The highest BCUT2D eigenvalue weighted by atomic mass is 19.4.